The monoisotopic (exact) mass is 149 g/mol. The summed E-state index contributed by atoms with van der Waals surface area (Å²) < 4.78 is 0. The Hall–Kier alpha value is -0.960. The molecule has 0 radical (unpaired) electrons. The van der Waals surface area contributed by atoms with Crippen LogP contribution in [0.2, 0.25) is 0 Å². The van der Waals surface area contributed by atoms with Gasteiger partial charge >= 0.3 is 0 Å². The van der Waals surface area contributed by atoms with Crippen molar-refractivity contribution in [3.63, 3.8) is 0 Å². The van der Waals surface area contributed by atoms with Crippen LogP contribution in [-0.4, -0.2) is 17.0 Å². The first kappa shape index (κ1) is 6.73. The lowest BCUT2D eigenvalue weighted by atomic mass is 10.1. The van der Waals surface area contributed by atoms with Gasteiger partial charge in [-0.3, -0.25) is 0 Å². The maximum atomic E-state index is 3.99. The molecule has 1 aromatic rings. The Morgan fingerprint density at radius 3 is 2.45 bits per heavy atom. The number of hydrogen-bond donors (Lipinski definition) is 1. The van der Waals surface area contributed by atoms with Crippen LogP contribution in [-0.2, 0) is 5.54 Å². The zero-order valence-electron chi connectivity index (χ0n) is 6.54. The van der Waals surface area contributed by atoms with Crippen LogP contribution in [0.5, 0.6) is 0 Å². The van der Waals surface area contributed by atoms with Gasteiger partial charge in [-0.15, -0.1) is 0 Å². The molecule has 3 heteroatoms. The van der Waals surface area contributed by atoms with Crippen LogP contribution in [0.1, 0.15) is 18.4 Å². The molecule has 0 saturated heterocycles. The van der Waals surface area contributed by atoms with Crippen LogP contribution in [0.4, 0.5) is 0 Å². The standard InChI is InChI=1S/C8H11N3/c1-9-8(2-3-8)7-4-10-6-11-5-7/h4-6,9H,2-3H2,1H3. The van der Waals surface area contributed by atoms with E-state index in [4.69, 9.17) is 0 Å². The molecule has 3 nitrogen and oxygen atoms in total. The fourth-order valence-electron chi connectivity index (χ4n) is 1.35. The summed E-state index contributed by atoms with van der Waals surface area (Å²) in [7, 11) is 1.99. The molecule has 0 spiro atoms. The van der Waals surface area contributed by atoms with E-state index in [1.54, 1.807) is 6.33 Å². The van der Waals surface area contributed by atoms with Crippen molar-refractivity contribution >= 4 is 0 Å². The van der Waals surface area contributed by atoms with E-state index in [0.717, 1.165) is 0 Å². The lowest BCUT2D eigenvalue weighted by molar-refractivity contribution is 0.580. The molecule has 0 amide bonds. The molecule has 1 aliphatic rings. The molecule has 1 aliphatic carbocycles. The van der Waals surface area contributed by atoms with E-state index in [-0.39, 0.29) is 5.54 Å². The predicted molar refractivity (Wildman–Crippen MR) is 42.0 cm³/mol. The fourth-order valence-corrected chi connectivity index (χ4v) is 1.35. The highest BCUT2D eigenvalue weighted by atomic mass is 15.0. The number of nitrogens with zero attached hydrogens (tertiary/aromatic N) is 2. The predicted octanol–water partition coefficient (Wildman–Crippen LogP) is 0.685. The molecule has 1 heterocycles. The van der Waals surface area contributed by atoms with E-state index in [1.807, 2.05) is 19.4 Å². The van der Waals surface area contributed by atoms with Gasteiger partial charge in [-0.25, -0.2) is 9.97 Å². The Morgan fingerprint density at radius 1 is 1.36 bits per heavy atom. The van der Waals surface area contributed by atoms with Gasteiger partial charge < -0.3 is 5.32 Å². The van der Waals surface area contributed by atoms with Crippen molar-refractivity contribution in [3.8, 4) is 0 Å². The van der Waals surface area contributed by atoms with Crippen LogP contribution >= 0.6 is 0 Å². The Morgan fingerprint density at radius 2 is 2.00 bits per heavy atom. The third-order valence-corrected chi connectivity index (χ3v) is 2.34. The largest absolute Gasteiger partial charge is 0.310 e. The zero-order chi connectivity index (χ0) is 7.73. The highest BCUT2D eigenvalue weighted by molar-refractivity contribution is 5.24. The molecule has 1 aromatic heterocycles. The van der Waals surface area contributed by atoms with Gasteiger partial charge in [-0.05, 0) is 19.9 Å². The number of hydrogen-bond acceptors (Lipinski definition) is 3. The maximum absolute atomic E-state index is 3.99. The summed E-state index contributed by atoms with van der Waals surface area (Å²) in [6.45, 7) is 0. The molecule has 0 aliphatic heterocycles. The Labute approximate surface area is 65.9 Å². The summed E-state index contributed by atoms with van der Waals surface area (Å²) in [6.07, 6.45) is 7.75. The molecule has 1 saturated carbocycles. The molecule has 1 N–H and O–H groups in total. The number of rotatable bonds is 2. The Kier molecular flexibility index (Phi) is 1.39. The number of nitrogens with one attached hydrogen (secondary N) is 1. The second-order valence-corrected chi connectivity index (χ2v) is 2.96. The van der Waals surface area contributed by atoms with Crippen molar-refractivity contribution in [3.05, 3.63) is 24.3 Å². The first-order valence-electron chi connectivity index (χ1n) is 3.82. The molecule has 11 heavy (non-hydrogen) atoms. The smallest absolute Gasteiger partial charge is 0.115 e. The molecular weight excluding hydrogens is 138 g/mol. The van der Waals surface area contributed by atoms with E-state index in [0.29, 0.717) is 0 Å². The second kappa shape index (κ2) is 2.27. The Bertz CT molecular complexity index is 241. The molecule has 0 bridgehead atoms. The first-order chi connectivity index (χ1) is 5.37. The van der Waals surface area contributed by atoms with Crippen LogP contribution in [0, 0.1) is 0 Å². The summed E-state index contributed by atoms with van der Waals surface area (Å²) in [5.74, 6) is 0. The van der Waals surface area contributed by atoms with Gasteiger partial charge in [0.25, 0.3) is 0 Å². The van der Waals surface area contributed by atoms with Gasteiger partial charge in [-0.2, -0.15) is 0 Å². The van der Waals surface area contributed by atoms with Gasteiger partial charge in [0.1, 0.15) is 6.33 Å². The minimum absolute atomic E-state index is 0.210. The molecule has 2 rings (SSSR count). The third kappa shape index (κ3) is 1.01. The highest BCUT2D eigenvalue weighted by Gasteiger charge is 2.43. The lowest BCUT2D eigenvalue weighted by Gasteiger charge is -2.12. The van der Waals surface area contributed by atoms with E-state index >= 15 is 0 Å². The zero-order valence-corrected chi connectivity index (χ0v) is 6.54. The van der Waals surface area contributed by atoms with Crippen molar-refractivity contribution in [1.82, 2.24) is 15.3 Å². The molecule has 0 aromatic carbocycles. The average Bonchev–Trinajstić information content (AvgIpc) is 2.86. The minimum atomic E-state index is 0.210. The SMILES string of the molecule is CNC1(c2cncnc2)CC1. The van der Waals surface area contributed by atoms with Gasteiger partial charge in [0, 0.05) is 23.5 Å². The van der Waals surface area contributed by atoms with E-state index < -0.39 is 0 Å². The highest BCUT2D eigenvalue weighted by Crippen LogP contribution is 2.44. The van der Waals surface area contributed by atoms with Crippen LogP contribution in [0.15, 0.2) is 18.7 Å². The minimum Gasteiger partial charge on any atom is -0.310 e. The first-order valence-corrected chi connectivity index (χ1v) is 3.82. The summed E-state index contributed by atoms with van der Waals surface area (Å²) >= 11 is 0. The lowest BCUT2D eigenvalue weighted by Crippen LogP contribution is -2.24. The summed E-state index contributed by atoms with van der Waals surface area (Å²) in [6, 6.07) is 0. The van der Waals surface area contributed by atoms with Crippen molar-refractivity contribution in [2.75, 3.05) is 7.05 Å². The van der Waals surface area contributed by atoms with E-state index in [9.17, 15) is 0 Å². The topological polar surface area (TPSA) is 37.8 Å². The normalized spacial score (nSPS) is 19.7. The average molecular weight is 149 g/mol. The Balaban J connectivity index is 2.30. The summed E-state index contributed by atoms with van der Waals surface area (Å²) in [5.41, 5.74) is 1.42. The number of aromatic nitrogens is 2. The molecule has 0 unspecified atom stereocenters. The van der Waals surface area contributed by atoms with Crippen molar-refractivity contribution < 1.29 is 0 Å². The quantitative estimate of drug-likeness (QED) is 0.672. The van der Waals surface area contributed by atoms with Crippen molar-refractivity contribution in [2.45, 2.75) is 18.4 Å². The van der Waals surface area contributed by atoms with Crippen LogP contribution in [0.3, 0.4) is 0 Å². The van der Waals surface area contributed by atoms with Gasteiger partial charge in [0.2, 0.25) is 0 Å². The van der Waals surface area contributed by atoms with Crippen molar-refractivity contribution in [1.29, 1.82) is 0 Å². The van der Waals surface area contributed by atoms with E-state index in [2.05, 4.69) is 15.3 Å². The fraction of sp³-hybridized carbons (Fsp3) is 0.500. The molecule has 1 fully saturated rings. The summed E-state index contributed by atoms with van der Waals surface area (Å²) in [4.78, 5) is 7.98. The third-order valence-electron chi connectivity index (χ3n) is 2.34. The van der Waals surface area contributed by atoms with Gasteiger partial charge in [0.05, 0.1) is 0 Å². The summed E-state index contributed by atoms with van der Waals surface area (Å²) in [5, 5.41) is 3.29. The van der Waals surface area contributed by atoms with Crippen LogP contribution in [0.25, 0.3) is 0 Å². The molecule has 58 valence electrons. The maximum Gasteiger partial charge on any atom is 0.115 e. The van der Waals surface area contributed by atoms with Gasteiger partial charge in [0.15, 0.2) is 0 Å². The molecule has 0 atom stereocenters. The van der Waals surface area contributed by atoms with Crippen molar-refractivity contribution in [2.24, 2.45) is 0 Å². The van der Waals surface area contributed by atoms with Crippen LogP contribution < -0.4 is 5.32 Å². The second-order valence-electron chi connectivity index (χ2n) is 2.96. The molecular formula is C8H11N3. The van der Waals surface area contributed by atoms with E-state index in [1.165, 1.54) is 18.4 Å². The van der Waals surface area contributed by atoms with Gasteiger partial charge in [-0.1, -0.05) is 0 Å².